The number of halogens is 1. The van der Waals surface area contributed by atoms with E-state index in [2.05, 4.69) is 38.1 Å². The van der Waals surface area contributed by atoms with Crippen LogP contribution in [0.2, 0.25) is 0 Å². The molecule has 0 fully saturated rings. The minimum atomic E-state index is -0.425. The number of alkyl carbamates (subject to hydrolysis) is 1. The minimum Gasteiger partial charge on any atom is -0.450 e. The highest BCUT2D eigenvalue weighted by molar-refractivity contribution is 9.10. The lowest BCUT2D eigenvalue weighted by Gasteiger charge is -2.16. The van der Waals surface area contributed by atoms with E-state index in [1.54, 1.807) is 12.4 Å². The number of ether oxygens (including phenoxy) is 1. The zero-order chi connectivity index (χ0) is 16.7. The van der Waals surface area contributed by atoms with Crippen molar-refractivity contribution in [3.63, 3.8) is 0 Å². The van der Waals surface area contributed by atoms with Gasteiger partial charge in [0.25, 0.3) is 0 Å². The first kappa shape index (κ1) is 17.4. The van der Waals surface area contributed by atoms with Crippen LogP contribution in [-0.4, -0.2) is 22.7 Å². The lowest BCUT2D eigenvalue weighted by atomic mass is 10.0. The number of hydrogen-bond donors (Lipinski definition) is 1. The van der Waals surface area contributed by atoms with Gasteiger partial charge in [0, 0.05) is 22.4 Å². The van der Waals surface area contributed by atoms with Gasteiger partial charge in [0.2, 0.25) is 0 Å². The molecule has 1 atom stereocenters. The van der Waals surface area contributed by atoms with E-state index in [-0.39, 0.29) is 6.04 Å². The third-order valence-electron chi connectivity index (χ3n) is 3.32. The summed E-state index contributed by atoms with van der Waals surface area (Å²) in [4.78, 5) is 20.6. The molecular weight excluding hydrogens is 358 g/mol. The van der Waals surface area contributed by atoms with Gasteiger partial charge in [-0.15, -0.1) is 0 Å². The molecule has 122 valence electrons. The molecule has 6 heteroatoms. The van der Waals surface area contributed by atoms with Gasteiger partial charge in [0.05, 0.1) is 24.0 Å². The van der Waals surface area contributed by atoms with Gasteiger partial charge in [0.15, 0.2) is 0 Å². The third kappa shape index (κ3) is 5.03. The average molecular weight is 378 g/mol. The number of rotatable bonds is 6. The monoisotopic (exact) mass is 377 g/mol. The Kier molecular flexibility index (Phi) is 6.52. The topological polar surface area (TPSA) is 64.1 Å². The van der Waals surface area contributed by atoms with Gasteiger partial charge < -0.3 is 10.1 Å². The normalized spacial score (nSPS) is 11.8. The number of amides is 1. The molecule has 0 aliphatic rings. The number of hydrogen-bond acceptors (Lipinski definition) is 4. The maximum Gasteiger partial charge on any atom is 0.407 e. The van der Waals surface area contributed by atoms with Crippen LogP contribution in [0.25, 0.3) is 11.3 Å². The first-order valence-electron chi connectivity index (χ1n) is 7.62. The molecule has 0 aliphatic carbocycles. The van der Waals surface area contributed by atoms with Crippen LogP contribution in [0.3, 0.4) is 0 Å². The first-order valence-corrected chi connectivity index (χ1v) is 8.41. The number of aromatic nitrogens is 2. The predicted octanol–water partition coefficient (Wildman–Crippen LogP) is 4.49. The fourth-order valence-electron chi connectivity index (χ4n) is 2.11. The number of pyridine rings is 2. The fraction of sp³-hybridized carbons (Fsp3) is 0.353. The van der Waals surface area contributed by atoms with E-state index < -0.39 is 6.09 Å². The molecular formula is C17H20BrN3O2. The van der Waals surface area contributed by atoms with Crippen molar-refractivity contribution in [2.75, 3.05) is 6.61 Å². The van der Waals surface area contributed by atoms with Gasteiger partial charge in [0.1, 0.15) is 0 Å². The van der Waals surface area contributed by atoms with Crippen LogP contribution in [0.1, 0.15) is 38.4 Å². The van der Waals surface area contributed by atoms with Crippen molar-refractivity contribution in [3.05, 3.63) is 46.8 Å². The Bertz CT molecular complexity index is 647. The molecule has 0 aliphatic heterocycles. The molecule has 0 unspecified atom stereocenters. The SMILES string of the molecule is CCCCOC(=O)N[C@@H](C)c1ncccc1-c1ccc(Br)cn1. The van der Waals surface area contributed by atoms with Gasteiger partial charge in [-0.05, 0) is 53.5 Å². The van der Waals surface area contributed by atoms with Crippen molar-refractivity contribution in [1.29, 1.82) is 0 Å². The fourth-order valence-corrected chi connectivity index (χ4v) is 2.34. The van der Waals surface area contributed by atoms with E-state index in [1.807, 2.05) is 31.2 Å². The lowest BCUT2D eigenvalue weighted by Crippen LogP contribution is -2.28. The lowest BCUT2D eigenvalue weighted by molar-refractivity contribution is 0.141. The second-order valence-corrected chi connectivity index (χ2v) is 6.07. The number of carbonyl (C=O) groups excluding carboxylic acids is 1. The van der Waals surface area contributed by atoms with Gasteiger partial charge in [-0.2, -0.15) is 0 Å². The standard InChI is InChI=1S/C17H20BrN3O2/c1-3-4-10-23-17(22)21-12(2)16-14(6-5-9-19-16)15-8-7-13(18)11-20-15/h5-9,11-12H,3-4,10H2,1-2H3,(H,21,22)/t12-/m0/s1. The first-order chi connectivity index (χ1) is 11.1. The summed E-state index contributed by atoms with van der Waals surface area (Å²) in [6, 6.07) is 7.37. The van der Waals surface area contributed by atoms with E-state index in [9.17, 15) is 4.79 Å². The molecule has 0 aromatic carbocycles. The van der Waals surface area contributed by atoms with Crippen molar-refractivity contribution in [2.24, 2.45) is 0 Å². The minimum absolute atomic E-state index is 0.272. The Morgan fingerprint density at radius 3 is 2.87 bits per heavy atom. The van der Waals surface area contributed by atoms with Crippen molar-refractivity contribution in [2.45, 2.75) is 32.7 Å². The number of unbranched alkanes of at least 4 members (excludes halogenated alkanes) is 1. The highest BCUT2D eigenvalue weighted by atomic mass is 79.9. The van der Waals surface area contributed by atoms with E-state index in [1.165, 1.54) is 0 Å². The number of nitrogens with zero attached hydrogens (tertiary/aromatic N) is 2. The summed E-state index contributed by atoms with van der Waals surface area (Å²) < 4.78 is 6.05. The molecule has 0 saturated heterocycles. The van der Waals surface area contributed by atoms with Gasteiger partial charge in [-0.3, -0.25) is 9.97 Å². The average Bonchev–Trinajstić information content (AvgIpc) is 2.56. The number of carbonyl (C=O) groups is 1. The zero-order valence-electron chi connectivity index (χ0n) is 13.3. The zero-order valence-corrected chi connectivity index (χ0v) is 14.8. The highest BCUT2D eigenvalue weighted by Gasteiger charge is 2.16. The van der Waals surface area contributed by atoms with Gasteiger partial charge in [-0.25, -0.2) is 4.79 Å². The molecule has 2 aromatic rings. The molecule has 0 saturated carbocycles. The van der Waals surface area contributed by atoms with Crippen LogP contribution >= 0.6 is 15.9 Å². The highest BCUT2D eigenvalue weighted by Crippen LogP contribution is 2.25. The third-order valence-corrected chi connectivity index (χ3v) is 3.79. The molecule has 0 spiro atoms. The Hall–Kier alpha value is -1.95. The maximum absolute atomic E-state index is 11.8. The molecule has 5 nitrogen and oxygen atoms in total. The van der Waals surface area contributed by atoms with Crippen LogP contribution in [0.4, 0.5) is 4.79 Å². The molecule has 1 amide bonds. The second kappa shape index (κ2) is 8.62. The molecule has 0 bridgehead atoms. The summed E-state index contributed by atoms with van der Waals surface area (Å²) in [5, 5.41) is 2.82. The molecule has 2 heterocycles. The van der Waals surface area contributed by atoms with Gasteiger partial charge in [-0.1, -0.05) is 13.3 Å². The van der Waals surface area contributed by atoms with Crippen molar-refractivity contribution in [1.82, 2.24) is 15.3 Å². The second-order valence-electron chi connectivity index (χ2n) is 5.15. The molecule has 2 rings (SSSR count). The molecule has 1 N–H and O–H groups in total. The largest absolute Gasteiger partial charge is 0.450 e. The summed E-state index contributed by atoms with van der Waals surface area (Å²) in [5.74, 6) is 0. The summed E-state index contributed by atoms with van der Waals surface area (Å²) in [6.07, 6.45) is 4.87. The Balaban J connectivity index is 2.13. The Labute approximate surface area is 144 Å². The predicted molar refractivity (Wildman–Crippen MR) is 93.0 cm³/mol. The maximum atomic E-state index is 11.8. The van der Waals surface area contributed by atoms with Crippen LogP contribution in [-0.2, 0) is 4.74 Å². The summed E-state index contributed by atoms with van der Waals surface area (Å²) >= 11 is 3.38. The van der Waals surface area contributed by atoms with E-state index in [4.69, 9.17) is 4.74 Å². The summed E-state index contributed by atoms with van der Waals surface area (Å²) in [7, 11) is 0. The quantitative estimate of drug-likeness (QED) is 0.752. The molecule has 23 heavy (non-hydrogen) atoms. The van der Waals surface area contributed by atoms with E-state index in [0.717, 1.165) is 34.3 Å². The van der Waals surface area contributed by atoms with E-state index in [0.29, 0.717) is 6.61 Å². The van der Waals surface area contributed by atoms with Crippen LogP contribution in [0.5, 0.6) is 0 Å². The van der Waals surface area contributed by atoms with Crippen molar-refractivity contribution < 1.29 is 9.53 Å². The van der Waals surface area contributed by atoms with Crippen molar-refractivity contribution >= 4 is 22.0 Å². The van der Waals surface area contributed by atoms with E-state index >= 15 is 0 Å². The van der Waals surface area contributed by atoms with Crippen LogP contribution in [0.15, 0.2) is 41.1 Å². The summed E-state index contributed by atoms with van der Waals surface area (Å²) in [5.41, 5.74) is 2.46. The van der Waals surface area contributed by atoms with Crippen LogP contribution in [0, 0.1) is 0 Å². The Morgan fingerprint density at radius 2 is 2.17 bits per heavy atom. The van der Waals surface area contributed by atoms with Gasteiger partial charge >= 0.3 is 6.09 Å². The van der Waals surface area contributed by atoms with Crippen molar-refractivity contribution in [3.8, 4) is 11.3 Å². The Morgan fingerprint density at radius 1 is 1.35 bits per heavy atom. The van der Waals surface area contributed by atoms with Crippen LogP contribution < -0.4 is 5.32 Å². The summed E-state index contributed by atoms with van der Waals surface area (Å²) in [6.45, 7) is 4.36. The number of nitrogens with one attached hydrogen (secondary N) is 1. The molecule has 0 radical (unpaired) electrons. The smallest absolute Gasteiger partial charge is 0.407 e. The molecule has 2 aromatic heterocycles.